The zero-order valence-electron chi connectivity index (χ0n) is 10.7. The minimum Gasteiger partial charge on any atom is -0.379 e. The third-order valence-corrected chi connectivity index (χ3v) is 2.92. The van der Waals surface area contributed by atoms with E-state index in [4.69, 9.17) is 10.6 Å². The van der Waals surface area contributed by atoms with Gasteiger partial charge in [-0.15, -0.1) is 0 Å². The molecule has 0 radical (unpaired) electrons. The van der Waals surface area contributed by atoms with Crippen LogP contribution < -0.4 is 11.3 Å². The van der Waals surface area contributed by atoms with Crippen molar-refractivity contribution >= 4 is 0 Å². The molecule has 0 fully saturated rings. The zero-order chi connectivity index (χ0) is 12.9. The number of hydrazine groups is 1. The predicted molar refractivity (Wildman–Crippen MR) is 66.9 cm³/mol. The molecule has 4 heteroatoms. The smallest absolute Gasteiger partial charge is 0.123 e. The Morgan fingerprint density at radius 3 is 2.41 bits per heavy atom. The predicted octanol–water partition coefficient (Wildman–Crippen LogP) is 2.02. The molecule has 3 N–H and O–H groups in total. The van der Waals surface area contributed by atoms with Gasteiger partial charge in [-0.05, 0) is 44.4 Å². The number of hydrogen-bond acceptors (Lipinski definition) is 3. The van der Waals surface area contributed by atoms with E-state index in [-0.39, 0.29) is 17.5 Å². The van der Waals surface area contributed by atoms with E-state index in [0.717, 1.165) is 18.4 Å². The summed E-state index contributed by atoms with van der Waals surface area (Å²) in [6.07, 6.45) is 1.54. The summed E-state index contributed by atoms with van der Waals surface area (Å²) in [5, 5.41) is 0. The summed E-state index contributed by atoms with van der Waals surface area (Å²) in [5.74, 6) is 5.31. The van der Waals surface area contributed by atoms with Gasteiger partial charge in [-0.3, -0.25) is 11.3 Å². The van der Waals surface area contributed by atoms with E-state index < -0.39 is 0 Å². The summed E-state index contributed by atoms with van der Waals surface area (Å²) in [7, 11) is 1.69. The number of halogens is 1. The number of nitrogens with two attached hydrogens (primary N) is 1. The van der Waals surface area contributed by atoms with Crippen molar-refractivity contribution in [3.63, 3.8) is 0 Å². The summed E-state index contributed by atoms with van der Waals surface area (Å²) in [5.41, 5.74) is 3.61. The fraction of sp³-hybridized carbons (Fsp3) is 0.538. The molecule has 1 unspecified atom stereocenters. The molecular weight excluding hydrogens is 219 g/mol. The quantitative estimate of drug-likeness (QED) is 0.590. The highest BCUT2D eigenvalue weighted by molar-refractivity contribution is 5.17. The van der Waals surface area contributed by atoms with Gasteiger partial charge in [0.25, 0.3) is 0 Å². The van der Waals surface area contributed by atoms with Crippen LogP contribution in [0.4, 0.5) is 4.39 Å². The van der Waals surface area contributed by atoms with Crippen LogP contribution in [0.3, 0.4) is 0 Å². The van der Waals surface area contributed by atoms with Gasteiger partial charge in [0.05, 0.1) is 5.60 Å². The summed E-state index contributed by atoms with van der Waals surface area (Å²) < 4.78 is 18.1. The molecule has 1 aromatic carbocycles. The highest BCUT2D eigenvalue weighted by Crippen LogP contribution is 2.18. The van der Waals surface area contributed by atoms with Gasteiger partial charge in [-0.1, -0.05) is 12.1 Å². The third kappa shape index (κ3) is 4.81. The van der Waals surface area contributed by atoms with Gasteiger partial charge < -0.3 is 4.74 Å². The van der Waals surface area contributed by atoms with Crippen LogP contribution in [0.5, 0.6) is 0 Å². The average molecular weight is 240 g/mol. The van der Waals surface area contributed by atoms with Crippen LogP contribution in [0.15, 0.2) is 24.3 Å². The maximum absolute atomic E-state index is 12.8. The third-order valence-electron chi connectivity index (χ3n) is 2.92. The van der Waals surface area contributed by atoms with Crippen LogP contribution in [0.2, 0.25) is 0 Å². The first-order valence-electron chi connectivity index (χ1n) is 5.72. The van der Waals surface area contributed by atoms with E-state index >= 15 is 0 Å². The van der Waals surface area contributed by atoms with Gasteiger partial charge in [-0.2, -0.15) is 0 Å². The molecule has 0 amide bonds. The van der Waals surface area contributed by atoms with Gasteiger partial charge in [-0.25, -0.2) is 4.39 Å². The van der Waals surface area contributed by atoms with Crippen LogP contribution in [-0.2, 0) is 11.2 Å². The molecule has 0 aliphatic rings. The largest absolute Gasteiger partial charge is 0.379 e. The topological polar surface area (TPSA) is 47.3 Å². The summed E-state index contributed by atoms with van der Waals surface area (Å²) in [6.45, 7) is 4.03. The molecule has 1 rings (SSSR count). The van der Waals surface area contributed by atoms with Crippen molar-refractivity contribution in [1.82, 2.24) is 5.43 Å². The molecule has 1 aromatic rings. The fourth-order valence-electron chi connectivity index (χ4n) is 1.77. The molecule has 0 saturated heterocycles. The van der Waals surface area contributed by atoms with Gasteiger partial charge in [0.1, 0.15) is 5.82 Å². The molecule has 0 aliphatic carbocycles. The fourth-order valence-corrected chi connectivity index (χ4v) is 1.77. The Morgan fingerprint density at radius 2 is 1.94 bits per heavy atom. The molecule has 0 aliphatic heterocycles. The molecule has 17 heavy (non-hydrogen) atoms. The lowest BCUT2D eigenvalue weighted by molar-refractivity contribution is 0.00710. The maximum Gasteiger partial charge on any atom is 0.123 e. The second-order valence-electron chi connectivity index (χ2n) is 4.86. The zero-order valence-corrected chi connectivity index (χ0v) is 10.7. The minimum absolute atomic E-state index is 0.107. The first kappa shape index (κ1) is 14.1. The molecule has 1 atom stereocenters. The molecule has 0 saturated carbocycles. The van der Waals surface area contributed by atoms with E-state index in [0.29, 0.717) is 0 Å². The number of nitrogens with one attached hydrogen (secondary N) is 1. The van der Waals surface area contributed by atoms with E-state index in [1.807, 2.05) is 13.8 Å². The van der Waals surface area contributed by atoms with E-state index in [1.54, 1.807) is 19.2 Å². The van der Waals surface area contributed by atoms with Gasteiger partial charge in [0.15, 0.2) is 0 Å². The van der Waals surface area contributed by atoms with Crippen molar-refractivity contribution in [2.24, 2.45) is 5.84 Å². The molecule has 96 valence electrons. The lowest BCUT2D eigenvalue weighted by atomic mass is 9.94. The molecule has 0 aromatic heterocycles. The Hall–Kier alpha value is -0.970. The van der Waals surface area contributed by atoms with Crippen molar-refractivity contribution in [3.05, 3.63) is 35.6 Å². The number of methoxy groups -OCH3 is 1. The summed E-state index contributed by atoms with van der Waals surface area (Å²) in [4.78, 5) is 0. The average Bonchev–Trinajstić information content (AvgIpc) is 2.31. The monoisotopic (exact) mass is 240 g/mol. The SMILES string of the molecule is COC(C)(C)CC(Cc1ccc(F)cc1)NN. The number of benzene rings is 1. The lowest BCUT2D eigenvalue weighted by Crippen LogP contribution is -2.42. The number of hydrogen-bond donors (Lipinski definition) is 2. The first-order valence-corrected chi connectivity index (χ1v) is 5.72. The van der Waals surface area contributed by atoms with Gasteiger partial charge >= 0.3 is 0 Å². The molecular formula is C13H21FN2O. The molecule has 0 spiro atoms. The Morgan fingerprint density at radius 1 is 1.35 bits per heavy atom. The van der Waals surface area contributed by atoms with Crippen molar-refractivity contribution < 1.29 is 9.13 Å². The van der Waals surface area contributed by atoms with Crippen LogP contribution in [0.25, 0.3) is 0 Å². The van der Waals surface area contributed by atoms with E-state index in [2.05, 4.69) is 5.43 Å². The molecule has 3 nitrogen and oxygen atoms in total. The first-order chi connectivity index (χ1) is 7.96. The van der Waals surface area contributed by atoms with Crippen molar-refractivity contribution in [2.75, 3.05) is 7.11 Å². The van der Waals surface area contributed by atoms with Gasteiger partial charge in [0.2, 0.25) is 0 Å². The second-order valence-corrected chi connectivity index (χ2v) is 4.86. The van der Waals surface area contributed by atoms with Crippen molar-refractivity contribution in [2.45, 2.75) is 38.3 Å². The summed E-state index contributed by atoms with van der Waals surface area (Å²) in [6, 6.07) is 6.59. The van der Waals surface area contributed by atoms with Crippen LogP contribution in [0, 0.1) is 5.82 Å². The minimum atomic E-state index is -0.225. The van der Waals surface area contributed by atoms with E-state index in [1.165, 1.54) is 12.1 Å². The highest BCUT2D eigenvalue weighted by Gasteiger charge is 2.22. The van der Waals surface area contributed by atoms with Crippen LogP contribution >= 0.6 is 0 Å². The molecule has 0 bridgehead atoms. The van der Waals surface area contributed by atoms with Gasteiger partial charge in [0, 0.05) is 13.2 Å². The van der Waals surface area contributed by atoms with Crippen LogP contribution in [-0.4, -0.2) is 18.8 Å². The lowest BCUT2D eigenvalue weighted by Gasteiger charge is -2.28. The normalized spacial score (nSPS) is 13.7. The highest BCUT2D eigenvalue weighted by atomic mass is 19.1. The van der Waals surface area contributed by atoms with Crippen molar-refractivity contribution in [1.29, 1.82) is 0 Å². The standard InChI is InChI=1S/C13H21FN2O/c1-13(2,17-3)9-12(16-15)8-10-4-6-11(14)7-5-10/h4-7,12,16H,8-9,15H2,1-3H3. The number of rotatable bonds is 6. The summed E-state index contributed by atoms with van der Waals surface area (Å²) >= 11 is 0. The number of ether oxygens (including phenoxy) is 1. The van der Waals surface area contributed by atoms with Crippen molar-refractivity contribution in [3.8, 4) is 0 Å². The van der Waals surface area contributed by atoms with E-state index in [9.17, 15) is 4.39 Å². The Labute approximate surface area is 102 Å². The second kappa shape index (κ2) is 6.10. The maximum atomic E-state index is 12.8. The van der Waals surface area contributed by atoms with Crippen LogP contribution in [0.1, 0.15) is 25.8 Å². The molecule has 0 heterocycles. The Balaban J connectivity index is 2.61. The Bertz CT molecular complexity index is 338. The Kier molecular flexibility index (Phi) is 5.05.